The summed E-state index contributed by atoms with van der Waals surface area (Å²) in [5.41, 5.74) is 0.738. The summed E-state index contributed by atoms with van der Waals surface area (Å²) in [5, 5.41) is 0. The summed E-state index contributed by atoms with van der Waals surface area (Å²) < 4.78 is 5.11. The molecule has 1 aromatic carbocycles. The van der Waals surface area contributed by atoms with Gasteiger partial charge in [-0.15, -0.1) is 0 Å². The van der Waals surface area contributed by atoms with Gasteiger partial charge in [-0.25, -0.2) is 0 Å². The first kappa shape index (κ1) is 13.9. The van der Waals surface area contributed by atoms with Gasteiger partial charge in [0.25, 0.3) is 5.91 Å². The van der Waals surface area contributed by atoms with Crippen molar-refractivity contribution >= 4 is 5.91 Å². The summed E-state index contributed by atoms with van der Waals surface area (Å²) in [5.74, 6) is 1.70. The molecule has 19 heavy (non-hydrogen) atoms. The summed E-state index contributed by atoms with van der Waals surface area (Å²) in [6.45, 7) is 2.29. The lowest BCUT2D eigenvalue weighted by atomic mass is 9.86. The highest BCUT2D eigenvalue weighted by atomic mass is 16.5. The van der Waals surface area contributed by atoms with Crippen molar-refractivity contribution in [3.63, 3.8) is 0 Å². The van der Waals surface area contributed by atoms with Crippen molar-refractivity contribution in [3.05, 3.63) is 29.8 Å². The fourth-order valence-corrected chi connectivity index (χ4v) is 2.73. The summed E-state index contributed by atoms with van der Waals surface area (Å²) >= 11 is 0. The molecule has 0 N–H and O–H groups in total. The van der Waals surface area contributed by atoms with Gasteiger partial charge in [-0.2, -0.15) is 0 Å². The lowest BCUT2D eigenvalue weighted by Crippen LogP contribution is -2.39. The van der Waals surface area contributed by atoms with Gasteiger partial charge in [0.2, 0.25) is 0 Å². The second kappa shape index (κ2) is 6.09. The minimum atomic E-state index is 0.113. The molecule has 104 valence electrons. The van der Waals surface area contributed by atoms with Crippen LogP contribution in [0.5, 0.6) is 5.75 Å². The van der Waals surface area contributed by atoms with Crippen LogP contribution in [0, 0.1) is 5.92 Å². The number of methoxy groups -OCH3 is 1. The van der Waals surface area contributed by atoms with Crippen LogP contribution in [0.4, 0.5) is 0 Å². The van der Waals surface area contributed by atoms with Gasteiger partial charge in [-0.05, 0) is 55.9 Å². The van der Waals surface area contributed by atoms with Gasteiger partial charge in [0, 0.05) is 18.7 Å². The third kappa shape index (κ3) is 3.28. The molecule has 0 aliphatic heterocycles. The number of ether oxygens (including phenoxy) is 1. The summed E-state index contributed by atoms with van der Waals surface area (Å²) in [7, 11) is 3.55. The van der Waals surface area contributed by atoms with E-state index in [1.807, 2.05) is 36.2 Å². The topological polar surface area (TPSA) is 29.5 Å². The van der Waals surface area contributed by atoms with E-state index in [1.165, 1.54) is 12.8 Å². The molecule has 0 aromatic heterocycles. The van der Waals surface area contributed by atoms with Gasteiger partial charge in [0.15, 0.2) is 0 Å². The average molecular weight is 261 g/mol. The maximum Gasteiger partial charge on any atom is 0.253 e. The van der Waals surface area contributed by atoms with Gasteiger partial charge >= 0.3 is 0 Å². The molecule has 1 aromatic rings. The molecule has 1 amide bonds. The molecule has 0 heterocycles. The molecule has 1 fully saturated rings. The zero-order valence-corrected chi connectivity index (χ0v) is 12.1. The van der Waals surface area contributed by atoms with Crippen molar-refractivity contribution in [2.24, 2.45) is 5.92 Å². The Bertz CT molecular complexity index is 419. The SMILES string of the molecule is COc1ccc(C(=O)N(C)C2CCC(C)CC2)cc1. The standard InChI is InChI=1S/C16H23NO2/c1-12-4-8-14(9-5-12)17(2)16(18)13-6-10-15(19-3)11-7-13/h6-7,10-12,14H,4-5,8-9H2,1-3H3. The van der Waals surface area contributed by atoms with Gasteiger partial charge in [0.1, 0.15) is 5.75 Å². The van der Waals surface area contributed by atoms with Crippen LogP contribution in [0.2, 0.25) is 0 Å². The largest absolute Gasteiger partial charge is 0.497 e. The van der Waals surface area contributed by atoms with E-state index >= 15 is 0 Å². The van der Waals surface area contributed by atoms with Crippen LogP contribution in [0.15, 0.2) is 24.3 Å². The molecule has 2 rings (SSSR count). The first-order valence-electron chi connectivity index (χ1n) is 7.03. The van der Waals surface area contributed by atoms with E-state index in [1.54, 1.807) is 7.11 Å². The smallest absolute Gasteiger partial charge is 0.253 e. The van der Waals surface area contributed by atoms with E-state index in [9.17, 15) is 4.79 Å². The number of carbonyl (C=O) groups excluding carboxylic acids is 1. The number of benzene rings is 1. The average Bonchev–Trinajstić information content (AvgIpc) is 2.46. The zero-order chi connectivity index (χ0) is 13.8. The monoisotopic (exact) mass is 261 g/mol. The first-order chi connectivity index (χ1) is 9.11. The Balaban J connectivity index is 2.01. The maximum atomic E-state index is 12.4. The minimum Gasteiger partial charge on any atom is -0.497 e. The molecule has 0 radical (unpaired) electrons. The molecular weight excluding hydrogens is 238 g/mol. The predicted molar refractivity (Wildman–Crippen MR) is 76.5 cm³/mol. The van der Waals surface area contributed by atoms with Crippen LogP contribution in [0.1, 0.15) is 43.0 Å². The van der Waals surface area contributed by atoms with Gasteiger partial charge in [-0.3, -0.25) is 4.79 Å². The fraction of sp³-hybridized carbons (Fsp3) is 0.562. The Morgan fingerprint density at radius 2 is 1.74 bits per heavy atom. The third-order valence-corrected chi connectivity index (χ3v) is 4.19. The van der Waals surface area contributed by atoms with Crippen molar-refractivity contribution in [2.45, 2.75) is 38.6 Å². The van der Waals surface area contributed by atoms with Gasteiger partial charge < -0.3 is 9.64 Å². The molecule has 0 saturated heterocycles. The molecule has 1 aliphatic rings. The molecule has 0 atom stereocenters. The molecule has 1 saturated carbocycles. The third-order valence-electron chi connectivity index (χ3n) is 4.19. The highest BCUT2D eigenvalue weighted by Crippen LogP contribution is 2.27. The van der Waals surface area contributed by atoms with Crippen molar-refractivity contribution in [1.29, 1.82) is 0 Å². The van der Waals surface area contributed by atoms with E-state index in [4.69, 9.17) is 4.74 Å². The normalized spacial score (nSPS) is 22.9. The van der Waals surface area contributed by atoms with Gasteiger partial charge in [-0.1, -0.05) is 6.92 Å². The molecule has 3 heteroatoms. The lowest BCUT2D eigenvalue weighted by Gasteiger charge is -2.33. The Hall–Kier alpha value is -1.51. The number of carbonyl (C=O) groups is 1. The highest BCUT2D eigenvalue weighted by molar-refractivity contribution is 5.94. The molecule has 0 unspecified atom stereocenters. The van der Waals surface area contributed by atoms with E-state index in [2.05, 4.69) is 6.92 Å². The summed E-state index contributed by atoms with van der Waals surface area (Å²) in [4.78, 5) is 14.3. The molecule has 0 spiro atoms. The van der Waals surface area contributed by atoms with Crippen molar-refractivity contribution in [3.8, 4) is 5.75 Å². The lowest BCUT2D eigenvalue weighted by molar-refractivity contribution is 0.0679. The summed E-state index contributed by atoms with van der Waals surface area (Å²) in [6.07, 6.45) is 4.70. The van der Waals surface area contributed by atoms with Crippen LogP contribution in [0.3, 0.4) is 0 Å². The number of rotatable bonds is 3. The van der Waals surface area contributed by atoms with Crippen LogP contribution < -0.4 is 4.74 Å². The van der Waals surface area contributed by atoms with Crippen LogP contribution in [0.25, 0.3) is 0 Å². The summed E-state index contributed by atoms with van der Waals surface area (Å²) in [6, 6.07) is 7.74. The number of hydrogen-bond donors (Lipinski definition) is 0. The Morgan fingerprint density at radius 3 is 2.26 bits per heavy atom. The van der Waals surface area contributed by atoms with Gasteiger partial charge in [0.05, 0.1) is 7.11 Å². The van der Waals surface area contributed by atoms with Crippen molar-refractivity contribution < 1.29 is 9.53 Å². The van der Waals surface area contributed by atoms with E-state index in [0.29, 0.717) is 6.04 Å². The molecule has 3 nitrogen and oxygen atoms in total. The van der Waals surface area contributed by atoms with Crippen LogP contribution in [-0.2, 0) is 0 Å². The van der Waals surface area contributed by atoms with Crippen molar-refractivity contribution in [1.82, 2.24) is 4.90 Å². The number of nitrogens with zero attached hydrogens (tertiary/aromatic N) is 1. The maximum absolute atomic E-state index is 12.4. The first-order valence-corrected chi connectivity index (χ1v) is 7.03. The zero-order valence-electron chi connectivity index (χ0n) is 12.1. The number of amides is 1. The fourth-order valence-electron chi connectivity index (χ4n) is 2.73. The molecular formula is C16H23NO2. The Kier molecular flexibility index (Phi) is 4.46. The van der Waals surface area contributed by atoms with E-state index in [0.717, 1.165) is 30.1 Å². The van der Waals surface area contributed by atoms with Crippen LogP contribution in [-0.4, -0.2) is 31.0 Å². The van der Waals surface area contributed by atoms with E-state index in [-0.39, 0.29) is 5.91 Å². The Morgan fingerprint density at radius 1 is 1.16 bits per heavy atom. The second-order valence-electron chi connectivity index (χ2n) is 5.56. The van der Waals surface area contributed by atoms with Crippen molar-refractivity contribution in [2.75, 3.05) is 14.2 Å². The quantitative estimate of drug-likeness (QED) is 0.835. The Labute approximate surface area is 115 Å². The molecule has 1 aliphatic carbocycles. The molecule has 0 bridgehead atoms. The van der Waals surface area contributed by atoms with Crippen LogP contribution >= 0.6 is 0 Å². The number of hydrogen-bond acceptors (Lipinski definition) is 2. The van der Waals surface area contributed by atoms with E-state index < -0.39 is 0 Å². The predicted octanol–water partition coefficient (Wildman–Crippen LogP) is 3.35. The minimum absolute atomic E-state index is 0.113. The second-order valence-corrected chi connectivity index (χ2v) is 5.56. The highest BCUT2D eigenvalue weighted by Gasteiger charge is 2.25.